The summed E-state index contributed by atoms with van der Waals surface area (Å²) in [6, 6.07) is 1.80. The average molecular weight is 287 g/mol. The van der Waals surface area contributed by atoms with Gasteiger partial charge in [0.2, 0.25) is 5.82 Å². The van der Waals surface area contributed by atoms with Gasteiger partial charge in [0.25, 0.3) is 11.7 Å². The summed E-state index contributed by atoms with van der Waals surface area (Å²) < 4.78 is 1.43. The topological polar surface area (TPSA) is 101 Å². The molecule has 108 valence electrons. The van der Waals surface area contributed by atoms with Gasteiger partial charge in [-0.25, -0.2) is 9.50 Å². The molecule has 2 aromatic heterocycles. The summed E-state index contributed by atoms with van der Waals surface area (Å²) in [7, 11) is 0. The molecule has 0 radical (unpaired) electrons. The maximum absolute atomic E-state index is 12.2. The van der Waals surface area contributed by atoms with Crippen molar-refractivity contribution in [2.24, 2.45) is 0 Å². The van der Waals surface area contributed by atoms with Crippen LogP contribution in [0.5, 0.6) is 0 Å². The molecule has 0 aliphatic carbocycles. The third-order valence-corrected chi connectivity index (χ3v) is 2.71. The number of hydrogen-bond acceptors (Lipinski definition) is 5. The minimum absolute atomic E-state index is 0.132. The first-order valence-electron chi connectivity index (χ1n) is 6.08. The molecule has 2 heterocycles. The van der Waals surface area contributed by atoms with Gasteiger partial charge in [0.1, 0.15) is 6.54 Å². The molecule has 1 amide bonds. The lowest BCUT2D eigenvalue weighted by Gasteiger charge is -2.15. The van der Waals surface area contributed by atoms with Crippen molar-refractivity contribution in [2.45, 2.75) is 13.8 Å². The SMILES string of the molecule is C#CCN(CC(=O)O)C(=O)c1nc2nc(C)cc(C)n2n1. The van der Waals surface area contributed by atoms with Gasteiger partial charge in [-0.05, 0) is 19.9 Å². The third-order valence-electron chi connectivity index (χ3n) is 2.71. The van der Waals surface area contributed by atoms with Gasteiger partial charge in [-0.1, -0.05) is 5.92 Å². The van der Waals surface area contributed by atoms with Crippen molar-refractivity contribution in [3.8, 4) is 12.3 Å². The van der Waals surface area contributed by atoms with Crippen LogP contribution < -0.4 is 0 Å². The normalized spacial score (nSPS) is 10.3. The van der Waals surface area contributed by atoms with Crippen molar-refractivity contribution >= 4 is 17.7 Å². The summed E-state index contributed by atoms with van der Waals surface area (Å²) in [5.41, 5.74) is 1.52. The number of terminal acetylenes is 1. The number of carboxylic acid groups (broad SMARTS) is 1. The van der Waals surface area contributed by atoms with Crippen LogP contribution in [0.15, 0.2) is 6.07 Å². The zero-order valence-electron chi connectivity index (χ0n) is 11.6. The smallest absolute Gasteiger partial charge is 0.323 e. The van der Waals surface area contributed by atoms with Gasteiger partial charge in [-0.2, -0.15) is 4.98 Å². The molecular formula is C13H13N5O3. The van der Waals surface area contributed by atoms with Gasteiger partial charge in [0.05, 0.1) is 6.54 Å². The quantitative estimate of drug-likeness (QED) is 0.788. The van der Waals surface area contributed by atoms with Gasteiger partial charge in [0.15, 0.2) is 0 Å². The molecule has 0 unspecified atom stereocenters. The third kappa shape index (κ3) is 2.97. The molecule has 2 rings (SSSR count). The second-order valence-corrected chi connectivity index (χ2v) is 4.45. The molecule has 0 fully saturated rings. The van der Waals surface area contributed by atoms with Crippen LogP contribution in [0.4, 0.5) is 0 Å². The van der Waals surface area contributed by atoms with Crippen molar-refractivity contribution in [3.63, 3.8) is 0 Å². The van der Waals surface area contributed by atoms with Gasteiger partial charge >= 0.3 is 5.97 Å². The summed E-state index contributed by atoms with van der Waals surface area (Å²) in [6.07, 6.45) is 5.14. The molecule has 0 saturated heterocycles. The number of amides is 1. The Hall–Kier alpha value is -2.95. The summed E-state index contributed by atoms with van der Waals surface area (Å²) in [5.74, 6) is 0.594. The second kappa shape index (κ2) is 5.58. The largest absolute Gasteiger partial charge is 0.480 e. The fourth-order valence-corrected chi connectivity index (χ4v) is 1.87. The Kier molecular flexibility index (Phi) is 3.84. The molecular weight excluding hydrogens is 274 g/mol. The van der Waals surface area contributed by atoms with E-state index in [1.165, 1.54) is 4.52 Å². The van der Waals surface area contributed by atoms with Crippen molar-refractivity contribution in [2.75, 3.05) is 13.1 Å². The van der Waals surface area contributed by atoms with E-state index < -0.39 is 18.4 Å². The predicted molar refractivity (Wildman–Crippen MR) is 72.6 cm³/mol. The first-order chi connectivity index (χ1) is 9.92. The number of aryl methyl sites for hydroxylation is 2. The number of rotatable bonds is 4. The second-order valence-electron chi connectivity index (χ2n) is 4.45. The number of nitrogens with zero attached hydrogens (tertiary/aromatic N) is 5. The fourth-order valence-electron chi connectivity index (χ4n) is 1.87. The molecule has 2 aromatic rings. The van der Waals surface area contributed by atoms with E-state index in [0.29, 0.717) is 0 Å². The number of aromatic nitrogens is 4. The van der Waals surface area contributed by atoms with Crippen LogP contribution in [0, 0.1) is 26.2 Å². The maximum atomic E-state index is 12.2. The fraction of sp³-hybridized carbons (Fsp3) is 0.308. The number of carboxylic acids is 1. The minimum atomic E-state index is -1.16. The Morgan fingerprint density at radius 1 is 1.43 bits per heavy atom. The summed E-state index contributed by atoms with van der Waals surface area (Å²) >= 11 is 0. The molecule has 0 aliphatic heterocycles. The highest BCUT2D eigenvalue weighted by atomic mass is 16.4. The summed E-state index contributed by atoms with van der Waals surface area (Å²) in [4.78, 5) is 32.2. The molecule has 8 nitrogen and oxygen atoms in total. The van der Waals surface area contributed by atoms with Crippen LogP contribution in [0.25, 0.3) is 5.78 Å². The molecule has 0 spiro atoms. The Bertz CT molecular complexity index is 759. The van der Waals surface area contributed by atoms with E-state index in [0.717, 1.165) is 16.3 Å². The predicted octanol–water partition coefficient (Wildman–Crippen LogP) is -0.0989. The van der Waals surface area contributed by atoms with Crippen LogP contribution in [0.2, 0.25) is 0 Å². The number of carbonyl (C=O) groups excluding carboxylic acids is 1. The Morgan fingerprint density at radius 2 is 2.14 bits per heavy atom. The average Bonchev–Trinajstić information content (AvgIpc) is 2.81. The zero-order valence-corrected chi connectivity index (χ0v) is 11.6. The molecule has 0 aliphatic rings. The Balaban J connectivity index is 2.40. The van der Waals surface area contributed by atoms with Crippen molar-refractivity contribution in [1.82, 2.24) is 24.5 Å². The molecule has 1 N–H and O–H groups in total. The van der Waals surface area contributed by atoms with Gasteiger partial charge < -0.3 is 10.0 Å². The first kappa shape index (κ1) is 14.5. The van der Waals surface area contributed by atoms with Crippen LogP contribution in [0.3, 0.4) is 0 Å². The summed E-state index contributed by atoms with van der Waals surface area (Å²) in [6.45, 7) is 2.97. The zero-order chi connectivity index (χ0) is 15.6. The van der Waals surface area contributed by atoms with E-state index >= 15 is 0 Å². The lowest BCUT2D eigenvalue weighted by Crippen LogP contribution is -2.36. The van der Waals surface area contributed by atoms with Crippen LogP contribution in [-0.2, 0) is 4.79 Å². The van der Waals surface area contributed by atoms with Crippen molar-refractivity contribution in [1.29, 1.82) is 0 Å². The van der Waals surface area contributed by atoms with Crippen molar-refractivity contribution in [3.05, 3.63) is 23.3 Å². The molecule has 0 bridgehead atoms. The standard InChI is InChI=1S/C13H13N5O3/c1-4-5-17(7-10(19)20)12(21)11-15-13-14-8(2)6-9(3)18(13)16-11/h1,6H,5,7H2,2-3H3,(H,19,20). The summed E-state index contributed by atoms with van der Waals surface area (Å²) in [5, 5.41) is 12.9. The van der Waals surface area contributed by atoms with E-state index in [1.54, 1.807) is 19.9 Å². The highest BCUT2D eigenvalue weighted by Gasteiger charge is 2.22. The molecule has 0 aromatic carbocycles. The van der Waals surface area contributed by atoms with E-state index in [9.17, 15) is 9.59 Å². The maximum Gasteiger partial charge on any atom is 0.323 e. The molecule has 0 atom stereocenters. The van der Waals surface area contributed by atoms with Crippen LogP contribution >= 0.6 is 0 Å². The number of aliphatic carboxylic acids is 1. The first-order valence-corrected chi connectivity index (χ1v) is 6.08. The monoisotopic (exact) mass is 287 g/mol. The number of carbonyl (C=O) groups is 2. The van der Waals surface area contributed by atoms with Gasteiger partial charge in [-0.15, -0.1) is 11.5 Å². The van der Waals surface area contributed by atoms with Crippen LogP contribution in [0.1, 0.15) is 22.0 Å². The van der Waals surface area contributed by atoms with Crippen LogP contribution in [-0.4, -0.2) is 54.6 Å². The van der Waals surface area contributed by atoms with Gasteiger partial charge in [-0.3, -0.25) is 9.59 Å². The number of fused-ring (bicyclic) bond motifs is 1. The van der Waals surface area contributed by atoms with E-state index in [-0.39, 0.29) is 18.1 Å². The van der Waals surface area contributed by atoms with E-state index in [4.69, 9.17) is 11.5 Å². The molecule has 8 heteroatoms. The lowest BCUT2D eigenvalue weighted by atomic mass is 10.4. The Morgan fingerprint density at radius 3 is 2.76 bits per heavy atom. The number of hydrogen-bond donors (Lipinski definition) is 1. The van der Waals surface area contributed by atoms with Crippen molar-refractivity contribution < 1.29 is 14.7 Å². The minimum Gasteiger partial charge on any atom is -0.480 e. The highest BCUT2D eigenvalue weighted by molar-refractivity contribution is 5.93. The molecule has 0 saturated carbocycles. The Labute approximate surface area is 120 Å². The molecule has 21 heavy (non-hydrogen) atoms. The highest BCUT2D eigenvalue weighted by Crippen LogP contribution is 2.07. The van der Waals surface area contributed by atoms with E-state index in [2.05, 4.69) is 21.0 Å². The van der Waals surface area contributed by atoms with Gasteiger partial charge in [0, 0.05) is 11.4 Å². The van der Waals surface area contributed by atoms with E-state index in [1.807, 2.05) is 0 Å². The lowest BCUT2D eigenvalue weighted by molar-refractivity contribution is -0.137.